The fourth-order valence-corrected chi connectivity index (χ4v) is 1.78. The van der Waals surface area contributed by atoms with Gasteiger partial charge in [0.15, 0.2) is 0 Å². The van der Waals surface area contributed by atoms with Crippen molar-refractivity contribution < 1.29 is 4.79 Å². The first kappa shape index (κ1) is 15.4. The van der Waals surface area contributed by atoms with Gasteiger partial charge in [-0.05, 0) is 24.3 Å². The number of hydrogen-bond donors (Lipinski definition) is 2. The molecule has 3 N–H and O–H groups in total. The fraction of sp³-hybridized carbons (Fsp3) is 0.545. The van der Waals surface area contributed by atoms with Crippen LogP contribution in [0.4, 0.5) is 0 Å². The van der Waals surface area contributed by atoms with Crippen LogP contribution in [0.1, 0.15) is 30.4 Å². The molecule has 5 heteroatoms. The van der Waals surface area contributed by atoms with Crippen molar-refractivity contribution >= 4 is 29.7 Å². The molecule has 1 heterocycles. The summed E-state index contributed by atoms with van der Waals surface area (Å²) in [7, 11) is 0. The maximum absolute atomic E-state index is 11.8. The van der Waals surface area contributed by atoms with Gasteiger partial charge in [-0.2, -0.15) is 0 Å². The Hall–Kier alpha value is -0.580. The molecule has 1 unspecified atom stereocenters. The van der Waals surface area contributed by atoms with Crippen LogP contribution in [0, 0.1) is 5.92 Å². The number of amides is 1. The van der Waals surface area contributed by atoms with Crippen molar-refractivity contribution in [1.82, 2.24) is 5.32 Å². The normalized spacial score (nSPS) is 14.1. The maximum Gasteiger partial charge on any atom is 0.261 e. The van der Waals surface area contributed by atoms with Crippen LogP contribution in [0.2, 0.25) is 0 Å². The largest absolute Gasteiger partial charge is 0.345 e. The summed E-state index contributed by atoms with van der Waals surface area (Å²) in [5.74, 6) is 0.276. The highest BCUT2D eigenvalue weighted by Gasteiger charge is 2.28. The third-order valence-electron chi connectivity index (χ3n) is 2.84. The Kier molecular flexibility index (Phi) is 6.00. The van der Waals surface area contributed by atoms with Crippen LogP contribution in [0.25, 0.3) is 0 Å². The molecule has 0 spiro atoms. The van der Waals surface area contributed by atoms with Crippen LogP contribution in [-0.4, -0.2) is 18.0 Å². The van der Waals surface area contributed by atoms with Crippen molar-refractivity contribution in [2.75, 3.05) is 6.54 Å². The molecule has 3 nitrogen and oxygen atoms in total. The van der Waals surface area contributed by atoms with E-state index in [1.165, 1.54) is 11.3 Å². The van der Waals surface area contributed by atoms with Crippen LogP contribution in [0.15, 0.2) is 17.5 Å². The first-order chi connectivity index (χ1) is 6.99. The van der Waals surface area contributed by atoms with Gasteiger partial charge in [0.05, 0.1) is 10.4 Å². The minimum atomic E-state index is -0.332. The van der Waals surface area contributed by atoms with Crippen molar-refractivity contribution in [2.45, 2.75) is 26.3 Å². The number of nitrogens with two attached hydrogens (primary N) is 1. The first-order valence-corrected chi connectivity index (χ1v) is 5.93. The highest BCUT2D eigenvalue weighted by Crippen LogP contribution is 2.17. The van der Waals surface area contributed by atoms with E-state index >= 15 is 0 Å². The summed E-state index contributed by atoms with van der Waals surface area (Å²) in [6.07, 6.45) is 0. The molecule has 1 aromatic rings. The number of rotatable bonds is 4. The lowest BCUT2D eigenvalue weighted by atomic mass is 9.88. The lowest BCUT2D eigenvalue weighted by Crippen LogP contribution is -2.54. The van der Waals surface area contributed by atoms with Gasteiger partial charge in [0.25, 0.3) is 5.91 Å². The Labute approximate surface area is 107 Å². The van der Waals surface area contributed by atoms with E-state index < -0.39 is 0 Å². The van der Waals surface area contributed by atoms with E-state index in [2.05, 4.69) is 19.2 Å². The summed E-state index contributed by atoms with van der Waals surface area (Å²) in [6.45, 7) is 6.54. The molecule has 0 saturated carbocycles. The van der Waals surface area contributed by atoms with E-state index in [0.717, 1.165) is 4.88 Å². The van der Waals surface area contributed by atoms with E-state index in [0.29, 0.717) is 12.5 Å². The molecular weight excluding hydrogens is 244 g/mol. The molecule has 0 saturated heterocycles. The third kappa shape index (κ3) is 3.47. The predicted molar refractivity (Wildman–Crippen MR) is 71.3 cm³/mol. The number of thiophene rings is 1. The van der Waals surface area contributed by atoms with E-state index in [1.807, 2.05) is 24.4 Å². The maximum atomic E-state index is 11.8. The topological polar surface area (TPSA) is 55.1 Å². The number of hydrogen-bond acceptors (Lipinski definition) is 3. The number of carbonyl (C=O) groups excluding carboxylic acids is 1. The molecule has 0 aliphatic carbocycles. The van der Waals surface area contributed by atoms with Crippen molar-refractivity contribution in [2.24, 2.45) is 11.7 Å². The monoisotopic (exact) mass is 262 g/mol. The van der Waals surface area contributed by atoms with Crippen LogP contribution in [0.5, 0.6) is 0 Å². The van der Waals surface area contributed by atoms with Gasteiger partial charge in [-0.1, -0.05) is 19.9 Å². The molecule has 0 fully saturated rings. The number of carbonyl (C=O) groups is 1. The molecule has 1 amide bonds. The summed E-state index contributed by atoms with van der Waals surface area (Å²) in [4.78, 5) is 12.6. The summed E-state index contributed by atoms with van der Waals surface area (Å²) in [5.41, 5.74) is 5.37. The van der Waals surface area contributed by atoms with Gasteiger partial charge in [0, 0.05) is 6.54 Å². The van der Waals surface area contributed by atoms with E-state index in [1.54, 1.807) is 0 Å². The highest BCUT2D eigenvalue weighted by molar-refractivity contribution is 7.12. The molecule has 0 aromatic carbocycles. The van der Waals surface area contributed by atoms with Gasteiger partial charge in [-0.15, -0.1) is 23.7 Å². The minimum Gasteiger partial charge on any atom is -0.345 e. The predicted octanol–water partition coefficient (Wildman–Crippen LogP) is 2.27. The third-order valence-corrected chi connectivity index (χ3v) is 3.71. The smallest absolute Gasteiger partial charge is 0.261 e. The Morgan fingerprint density at radius 1 is 1.62 bits per heavy atom. The molecule has 0 aliphatic heterocycles. The Morgan fingerprint density at radius 3 is 2.62 bits per heavy atom. The quantitative estimate of drug-likeness (QED) is 0.875. The lowest BCUT2D eigenvalue weighted by Gasteiger charge is -2.33. The van der Waals surface area contributed by atoms with E-state index in [4.69, 9.17) is 5.73 Å². The zero-order valence-electron chi connectivity index (χ0n) is 9.82. The molecule has 1 rings (SSSR count). The van der Waals surface area contributed by atoms with Gasteiger partial charge < -0.3 is 11.1 Å². The molecule has 1 aromatic heterocycles. The van der Waals surface area contributed by atoms with Gasteiger partial charge in [0.1, 0.15) is 0 Å². The summed E-state index contributed by atoms with van der Waals surface area (Å²) < 4.78 is 0. The molecule has 92 valence electrons. The van der Waals surface area contributed by atoms with Gasteiger partial charge in [0.2, 0.25) is 0 Å². The zero-order valence-corrected chi connectivity index (χ0v) is 11.5. The molecule has 1 atom stereocenters. The van der Waals surface area contributed by atoms with Crippen molar-refractivity contribution in [3.8, 4) is 0 Å². The second kappa shape index (κ2) is 6.23. The van der Waals surface area contributed by atoms with Gasteiger partial charge in [-0.25, -0.2) is 0 Å². The molecule has 0 radical (unpaired) electrons. The summed E-state index contributed by atoms with van der Waals surface area (Å²) in [6, 6.07) is 3.69. The summed E-state index contributed by atoms with van der Waals surface area (Å²) >= 11 is 1.44. The average molecular weight is 263 g/mol. The van der Waals surface area contributed by atoms with Crippen LogP contribution in [-0.2, 0) is 0 Å². The van der Waals surface area contributed by atoms with Crippen LogP contribution >= 0.6 is 23.7 Å². The zero-order chi connectivity index (χ0) is 11.5. The van der Waals surface area contributed by atoms with Gasteiger partial charge in [-0.3, -0.25) is 4.79 Å². The number of halogens is 1. The second-order valence-corrected chi connectivity index (χ2v) is 5.16. The van der Waals surface area contributed by atoms with Crippen molar-refractivity contribution in [3.63, 3.8) is 0 Å². The second-order valence-electron chi connectivity index (χ2n) is 4.21. The van der Waals surface area contributed by atoms with Gasteiger partial charge >= 0.3 is 0 Å². The van der Waals surface area contributed by atoms with Crippen molar-refractivity contribution in [1.29, 1.82) is 0 Å². The molecular formula is C11H19ClN2OS. The average Bonchev–Trinajstić information content (AvgIpc) is 2.70. The Balaban J connectivity index is 0.00000225. The fourth-order valence-electron chi connectivity index (χ4n) is 1.16. The molecule has 16 heavy (non-hydrogen) atoms. The molecule has 0 aliphatic rings. The van der Waals surface area contributed by atoms with E-state index in [-0.39, 0.29) is 23.9 Å². The van der Waals surface area contributed by atoms with Crippen LogP contribution in [0.3, 0.4) is 0 Å². The molecule has 0 bridgehead atoms. The van der Waals surface area contributed by atoms with Crippen LogP contribution < -0.4 is 11.1 Å². The number of nitrogens with one attached hydrogen (secondary N) is 1. The standard InChI is InChI=1S/C11H18N2OS.ClH/c1-8(2)11(3,7-12)13-10(14)9-5-4-6-15-9;/h4-6,8H,7,12H2,1-3H3,(H,13,14);1H. The van der Waals surface area contributed by atoms with E-state index in [9.17, 15) is 4.79 Å². The Morgan fingerprint density at radius 2 is 2.25 bits per heavy atom. The van der Waals surface area contributed by atoms with Crippen molar-refractivity contribution in [3.05, 3.63) is 22.4 Å². The lowest BCUT2D eigenvalue weighted by molar-refractivity contribution is 0.0887. The minimum absolute atomic E-state index is 0. The SMILES string of the molecule is CC(C)C(C)(CN)NC(=O)c1cccs1.Cl. The Bertz CT molecular complexity index is 327. The highest BCUT2D eigenvalue weighted by atomic mass is 35.5. The summed E-state index contributed by atoms with van der Waals surface area (Å²) in [5, 5.41) is 4.88. The first-order valence-electron chi connectivity index (χ1n) is 5.05.